The molecular formula is C15H19NO2. The van der Waals surface area contributed by atoms with Gasteiger partial charge in [0, 0.05) is 6.04 Å². The summed E-state index contributed by atoms with van der Waals surface area (Å²) in [5.74, 6) is -0.0772. The van der Waals surface area contributed by atoms with Gasteiger partial charge in [0.1, 0.15) is 0 Å². The molecule has 0 fully saturated rings. The molecule has 96 valence electrons. The molecule has 2 rings (SSSR count). The summed E-state index contributed by atoms with van der Waals surface area (Å²) in [6.45, 7) is 0. The third kappa shape index (κ3) is 3.70. The Hall–Kier alpha value is -1.61. The van der Waals surface area contributed by atoms with Crippen LogP contribution < -0.4 is 5.32 Å². The molecule has 0 saturated carbocycles. The number of benzene rings is 1. The number of allylic oxidation sites excluding steroid dienone is 1. The van der Waals surface area contributed by atoms with E-state index < -0.39 is 6.10 Å². The average molecular weight is 245 g/mol. The Kier molecular flexibility index (Phi) is 4.53. The first kappa shape index (κ1) is 12.8. The van der Waals surface area contributed by atoms with E-state index in [1.807, 2.05) is 30.3 Å². The molecule has 0 aliphatic heterocycles. The number of aliphatic hydroxyl groups excluding tert-OH is 1. The third-order valence-electron chi connectivity index (χ3n) is 3.20. The SMILES string of the molecule is O=C(CC(O)c1ccccc1)NC1CC=CCC1. The highest BCUT2D eigenvalue weighted by Crippen LogP contribution is 2.17. The highest BCUT2D eigenvalue weighted by atomic mass is 16.3. The number of hydrogen-bond acceptors (Lipinski definition) is 2. The molecule has 0 heterocycles. The molecule has 0 aromatic heterocycles. The van der Waals surface area contributed by atoms with Crippen LogP contribution in [0.2, 0.25) is 0 Å². The first-order chi connectivity index (χ1) is 8.75. The van der Waals surface area contributed by atoms with Crippen LogP contribution in [0.4, 0.5) is 0 Å². The third-order valence-corrected chi connectivity index (χ3v) is 3.20. The quantitative estimate of drug-likeness (QED) is 0.800. The molecule has 1 amide bonds. The van der Waals surface area contributed by atoms with Crippen molar-refractivity contribution in [2.24, 2.45) is 0 Å². The molecule has 3 nitrogen and oxygen atoms in total. The maximum atomic E-state index is 11.8. The maximum absolute atomic E-state index is 11.8. The summed E-state index contributed by atoms with van der Waals surface area (Å²) in [4.78, 5) is 11.8. The summed E-state index contributed by atoms with van der Waals surface area (Å²) in [5.41, 5.74) is 0.788. The van der Waals surface area contributed by atoms with Gasteiger partial charge in [0.25, 0.3) is 0 Å². The van der Waals surface area contributed by atoms with Gasteiger partial charge in [0.2, 0.25) is 5.91 Å². The van der Waals surface area contributed by atoms with Gasteiger partial charge in [-0.1, -0.05) is 42.5 Å². The average Bonchev–Trinajstić information content (AvgIpc) is 2.40. The van der Waals surface area contributed by atoms with Gasteiger partial charge in [-0.15, -0.1) is 0 Å². The van der Waals surface area contributed by atoms with Crippen LogP contribution in [0.5, 0.6) is 0 Å². The van der Waals surface area contributed by atoms with Gasteiger partial charge in [-0.3, -0.25) is 4.79 Å². The lowest BCUT2D eigenvalue weighted by molar-refractivity contribution is -0.123. The van der Waals surface area contributed by atoms with Crippen LogP contribution >= 0.6 is 0 Å². The maximum Gasteiger partial charge on any atom is 0.223 e. The zero-order valence-corrected chi connectivity index (χ0v) is 10.4. The van der Waals surface area contributed by atoms with Crippen LogP contribution in [-0.4, -0.2) is 17.1 Å². The second-order valence-electron chi connectivity index (χ2n) is 4.68. The van der Waals surface area contributed by atoms with Crippen LogP contribution in [0.3, 0.4) is 0 Å². The molecule has 0 bridgehead atoms. The van der Waals surface area contributed by atoms with Gasteiger partial charge in [-0.2, -0.15) is 0 Å². The van der Waals surface area contributed by atoms with E-state index in [0.717, 1.165) is 24.8 Å². The summed E-state index contributed by atoms with van der Waals surface area (Å²) < 4.78 is 0. The smallest absolute Gasteiger partial charge is 0.223 e. The minimum Gasteiger partial charge on any atom is -0.388 e. The van der Waals surface area contributed by atoms with Crippen molar-refractivity contribution in [2.45, 2.75) is 37.8 Å². The Bertz CT molecular complexity index is 414. The van der Waals surface area contributed by atoms with Crippen molar-refractivity contribution in [2.75, 3.05) is 0 Å². The zero-order chi connectivity index (χ0) is 12.8. The molecule has 2 N–H and O–H groups in total. The predicted molar refractivity (Wildman–Crippen MR) is 70.9 cm³/mol. The number of nitrogens with one attached hydrogen (secondary N) is 1. The summed E-state index contributed by atoms with van der Waals surface area (Å²) >= 11 is 0. The molecule has 0 spiro atoms. The van der Waals surface area contributed by atoms with E-state index in [1.54, 1.807) is 0 Å². The van der Waals surface area contributed by atoms with E-state index in [4.69, 9.17) is 0 Å². The minimum absolute atomic E-state index is 0.0772. The zero-order valence-electron chi connectivity index (χ0n) is 10.4. The lowest BCUT2D eigenvalue weighted by Gasteiger charge is -2.20. The molecule has 1 aromatic carbocycles. The Morgan fingerprint density at radius 3 is 2.78 bits per heavy atom. The highest BCUT2D eigenvalue weighted by molar-refractivity contribution is 5.77. The summed E-state index contributed by atoms with van der Waals surface area (Å²) in [6, 6.07) is 9.52. The lowest BCUT2D eigenvalue weighted by Crippen LogP contribution is -2.35. The van der Waals surface area contributed by atoms with Crippen molar-refractivity contribution < 1.29 is 9.90 Å². The standard InChI is InChI=1S/C15H19NO2/c17-14(12-7-3-1-4-8-12)11-15(18)16-13-9-5-2-6-10-13/h1-5,7-8,13-14,17H,6,9-11H2,(H,16,18). The normalized spacial score (nSPS) is 20.4. The second kappa shape index (κ2) is 6.36. The first-order valence-corrected chi connectivity index (χ1v) is 6.43. The van der Waals surface area contributed by atoms with Crippen LogP contribution in [0, 0.1) is 0 Å². The van der Waals surface area contributed by atoms with Crippen LogP contribution in [-0.2, 0) is 4.79 Å². The minimum atomic E-state index is -0.717. The lowest BCUT2D eigenvalue weighted by atomic mass is 10.0. The molecule has 3 heteroatoms. The monoisotopic (exact) mass is 245 g/mol. The van der Waals surface area contributed by atoms with E-state index in [2.05, 4.69) is 17.5 Å². The number of hydrogen-bond donors (Lipinski definition) is 2. The Balaban J connectivity index is 1.82. The fraction of sp³-hybridized carbons (Fsp3) is 0.400. The summed E-state index contributed by atoms with van der Waals surface area (Å²) in [5, 5.41) is 12.9. The highest BCUT2D eigenvalue weighted by Gasteiger charge is 2.16. The van der Waals surface area contributed by atoms with Crippen molar-refractivity contribution >= 4 is 5.91 Å². The van der Waals surface area contributed by atoms with E-state index in [0.29, 0.717) is 0 Å². The Morgan fingerprint density at radius 1 is 1.33 bits per heavy atom. The van der Waals surface area contributed by atoms with Crippen molar-refractivity contribution in [3.8, 4) is 0 Å². The van der Waals surface area contributed by atoms with Crippen LogP contribution in [0.25, 0.3) is 0 Å². The van der Waals surface area contributed by atoms with Crippen LogP contribution in [0.1, 0.15) is 37.4 Å². The van der Waals surface area contributed by atoms with E-state index in [1.165, 1.54) is 0 Å². The summed E-state index contributed by atoms with van der Waals surface area (Å²) in [7, 11) is 0. The molecule has 0 radical (unpaired) electrons. The van der Waals surface area contributed by atoms with Gasteiger partial charge in [0.15, 0.2) is 0 Å². The molecule has 18 heavy (non-hydrogen) atoms. The largest absolute Gasteiger partial charge is 0.388 e. The first-order valence-electron chi connectivity index (χ1n) is 6.43. The van der Waals surface area contributed by atoms with E-state index in [-0.39, 0.29) is 18.4 Å². The number of rotatable bonds is 4. The van der Waals surface area contributed by atoms with E-state index in [9.17, 15) is 9.90 Å². The fourth-order valence-electron chi connectivity index (χ4n) is 2.18. The second-order valence-corrected chi connectivity index (χ2v) is 4.68. The van der Waals surface area contributed by atoms with Gasteiger partial charge in [0.05, 0.1) is 12.5 Å². The number of carbonyl (C=O) groups is 1. The van der Waals surface area contributed by atoms with Gasteiger partial charge < -0.3 is 10.4 Å². The summed E-state index contributed by atoms with van der Waals surface area (Å²) in [6.07, 6.45) is 6.56. The van der Waals surface area contributed by atoms with Gasteiger partial charge >= 0.3 is 0 Å². The molecule has 2 atom stereocenters. The topological polar surface area (TPSA) is 49.3 Å². The number of aliphatic hydroxyl groups is 1. The Morgan fingerprint density at radius 2 is 2.11 bits per heavy atom. The molecule has 2 unspecified atom stereocenters. The number of carbonyl (C=O) groups excluding carboxylic acids is 1. The van der Waals surface area contributed by atoms with Gasteiger partial charge in [-0.25, -0.2) is 0 Å². The van der Waals surface area contributed by atoms with Crippen molar-refractivity contribution in [1.82, 2.24) is 5.32 Å². The molecule has 0 saturated heterocycles. The molecule has 1 aromatic rings. The van der Waals surface area contributed by atoms with E-state index >= 15 is 0 Å². The fourth-order valence-corrected chi connectivity index (χ4v) is 2.18. The molecular weight excluding hydrogens is 226 g/mol. The predicted octanol–water partition coefficient (Wildman–Crippen LogP) is 2.33. The van der Waals surface area contributed by atoms with Crippen molar-refractivity contribution in [3.63, 3.8) is 0 Å². The molecule has 1 aliphatic rings. The number of amides is 1. The van der Waals surface area contributed by atoms with Gasteiger partial charge in [-0.05, 0) is 24.8 Å². The molecule has 1 aliphatic carbocycles. The van der Waals surface area contributed by atoms with Crippen molar-refractivity contribution in [1.29, 1.82) is 0 Å². The Labute approximate surface area is 108 Å². The van der Waals surface area contributed by atoms with Crippen molar-refractivity contribution in [3.05, 3.63) is 48.0 Å². The van der Waals surface area contributed by atoms with Crippen LogP contribution in [0.15, 0.2) is 42.5 Å².